The molecule has 2 amide bonds. The molecule has 0 saturated carbocycles. The van der Waals surface area contributed by atoms with Crippen LogP contribution in [0.3, 0.4) is 0 Å². The van der Waals surface area contributed by atoms with Crippen LogP contribution in [0.1, 0.15) is 23.2 Å². The fourth-order valence-electron chi connectivity index (χ4n) is 2.57. The number of thioether (sulfide) groups is 1. The molecule has 29 heavy (non-hydrogen) atoms. The zero-order chi connectivity index (χ0) is 20.6. The minimum Gasteiger partial charge on any atom is -0.325 e. The molecule has 150 valence electrons. The number of hydrogen-bond donors (Lipinski definition) is 3. The maximum absolute atomic E-state index is 12.5. The number of amides is 2. The van der Waals surface area contributed by atoms with E-state index in [1.807, 2.05) is 18.2 Å². The van der Waals surface area contributed by atoms with E-state index in [1.165, 1.54) is 0 Å². The Bertz CT molecular complexity index is 919. The van der Waals surface area contributed by atoms with E-state index in [9.17, 15) is 14.4 Å². The van der Waals surface area contributed by atoms with E-state index in [2.05, 4.69) is 21.2 Å². The van der Waals surface area contributed by atoms with Crippen LogP contribution in [0, 0.1) is 0 Å². The molecule has 7 nitrogen and oxygen atoms in total. The number of rotatable bonds is 7. The molecule has 9 heteroatoms. The Labute approximate surface area is 177 Å². The normalized spacial score (nSPS) is 17.5. The summed E-state index contributed by atoms with van der Waals surface area (Å²) in [5.74, 6) is -0.584. The predicted molar refractivity (Wildman–Crippen MR) is 115 cm³/mol. The summed E-state index contributed by atoms with van der Waals surface area (Å²) >= 11 is 6.99. The number of nitrogens with one attached hydrogen (secondary N) is 3. The van der Waals surface area contributed by atoms with Gasteiger partial charge in [0.05, 0.1) is 0 Å². The molecule has 2 aromatic carbocycles. The van der Waals surface area contributed by atoms with E-state index in [4.69, 9.17) is 11.6 Å². The van der Waals surface area contributed by atoms with Gasteiger partial charge in [-0.2, -0.15) is 5.10 Å². The minimum absolute atomic E-state index is 0.00106. The average molecular weight is 431 g/mol. The number of anilines is 1. The lowest BCUT2D eigenvalue weighted by molar-refractivity contribution is -0.123. The van der Waals surface area contributed by atoms with Gasteiger partial charge < -0.3 is 16.1 Å². The van der Waals surface area contributed by atoms with Crippen LogP contribution in [0.5, 0.6) is 0 Å². The lowest BCUT2D eigenvalue weighted by atomic mass is 10.1. The predicted octanol–water partition coefficient (Wildman–Crippen LogP) is 3.03. The first kappa shape index (κ1) is 20.9. The van der Waals surface area contributed by atoms with Gasteiger partial charge in [0.1, 0.15) is 5.25 Å². The smallest absolute Gasteiger partial charge is 0.238 e. The standard InChI is InChI=1S/C20H19ClN4O3S/c21-14-6-8-15(9-7-14)23-19(28)17-12-18(27)24-20(29-17)25-22-11-10-16(26)13-4-2-1-3-5-13/h1-9,17,22H,10-12H2,(H,23,28)(H,24,25,27). The van der Waals surface area contributed by atoms with Crippen molar-refractivity contribution < 1.29 is 14.4 Å². The highest BCUT2D eigenvalue weighted by atomic mass is 35.5. The second-order valence-corrected chi connectivity index (χ2v) is 7.85. The Morgan fingerprint density at radius 2 is 1.86 bits per heavy atom. The first-order valence-electron chi connectivity index (χ1n) is 8.93. The van der Waals surface area contributed by atoms with Crippen molar-refractivity contribution in [3.63, 3.8) is 0 Å². The Balaban J connectivity index is 1.50. The summed E-state index contributed by atoms with van der Waals surface area (Å²) in [5.41, 5.74) is 4.02. The number of nitrogens with zero attached hydrogens (tertiary/aromatic N) is 1. The number of hydrazone groups is 1. The molecule has 0 radical (unpaired) electrons. The van der Waals surface area contributed by atoms with Gasteiger partial charge in [0.2, 0.25) is 11.8 Å². The first-order valence-corrected chi connectivity index (χ1v) is 10.2. The minimum atomic E-state index is -0.606. The summed E-state index contributed by atoms with van der Waals surface area (Å²) in [6, 6.07) is 15.7. The number of hydrogen-bond acceptors (Lipinski definition) is 6. The molecule has 0 aromatic heterocycles. The van der Waals surface area contributed by atoms with Crippen molar-refractivity contribution in [2.75, 3.05) is 11.9 Å². The second kappa shape index (κ2) is 10.1. The topological polar surface area (TPSA) is 99.7 Å². The number of Topliss-reactive ketones (excluding diaryl/α,β-unsaturated/α-hetero) is 1. The molecular formula is C20H19ClN4O3S. The molecule has 0 bridgehead atoms. The Kier molecular flexibility index (Phi) is 7.26. The molecule has 1 fully saturated rings. The number of halogens is 1. The largest absolute Gasteiger partial charge is 0.325 e. The van der Waals surface area contributed by atoms with Crippen LogP contribution in [0.25, 0.3) is 0 Å². The molecule has 1 aliphatic heterocycles. The van der Waals surface area contributed by atoms with E-state index >= 15 is 0 Å². The third-order valence-electron chi connectivity index (χ3n) is 4.02. The summed E-state index contributed by atoms with van der Waals surface area (Å²) in [7, 11) is 0. The molecule has 1 aliphatic rings. The summed E-state index contributed by atoms with van der Waals surface area (Å²) in [4.78, 5) is 36.4. The molecule has 1 heterocycles. The number of benzene rings is 2. The van der Waals surface area contributed by atoms with Gasteiger partial charge in [0, 0.05) is 35.7 Å². The molecule has 3 N–H and O–H groups in total. The van der Waals surface area contributed by atoms with Crippen LogP contribution >= 0.6 is 23.4 Å². The van der Waals surface area contributed by atoms with Crippen molar-refractivity contribution in [3.05, 3.63) is 65.2 Å². The maximum atomic E-state index is 12.5. The van der Waals surface area contributed by atoms with Crippen LogP contribution in [0.15, 0.2) is 59.7 Å². The fraction of sp³-hybridized carbons (Fsp3) is 0.200. The molecule has 0 aliphatic carbocycles. The highest BCUT2D eigenvalue weighted by Crippen LogP contribution is 2.22. The van der Waals surface area contributed by atoms with E-state index in [0.29, 0.717) is 28.0 Å². The zero-order valence-electron chi connectivity index (χ0n) is 15.4. The van der Waals surface area contributed by atoms with Gasteiger partial charge in [-0.25, -0.2) is 0 Å². The van der Waals surface area contributed by atoms with Crippen LogP contribution in [0.2, 0.25) is 5.02 Å². The molecule has 3 rings (SSSR count). The van der Waals surface area contributed by atoms with Gasteiger partial charge >= 0.3 is 0 Å². The van der Waals surface area contributed by atoms with Crippen molar-refractivity contribution in [3.8, 4) is 0 Å². The monoisotopic (exact) mass is 430 g/mol. The van der Waals surface area contributed by atoms with Gasteiger partial charge in [0.25, 0.3) is 0 Å². The van der Waals surface area contributed by atoms with Crippen LogP contribution < -0.4 is 16.1 Å². The first-order chi connectivity index (χ1) is 14.0. The van der Waals surface area contributed by atoms with E-state index < -0.39 is 5.25 Å². The third-order valence-corrected chi connectivity index (χ3v) is 5.35. The average Bonchev–Trinajstić information content (AvgIpc) is 2.73. The number of carbonyl (C=O) groups is 3. The molecule has 1 atom stereocenters. The van der Waals surface area contributed by atoms with Crippen LogP contribution in [0.4, 0.5) is 5.69 Å². The lowest BCUT2D eigenvalue weighted by Crippen LogP contribution is -2.42. The van der Waals surface area contributed by atoms with E-state index in [1.54, 1.807) is 36.4 Å². The number of ketones is 1. The third kappa shape index (κ3) is 6.33. The quantitative estimate of drug-likeness (QED) is 0.356. The van der Waals surface area contributed by atoms with Crippen molar-refractivity contribution in [1.82, 2.24) is 10.7 Å². The highest BCUT2D eigenvalue weighted by Gasteiger charge is 2.30. The van der Waals surface area contributed by atoms with Crippen molar-refractivity contribution in [2.24, 2.45) is 5.10 Å². The number of carbonyl (C=O) groups excluding carboxylic acids is 3. The number of amidine groups is 1. The van der Waals surface area contributed by atoms with Crippen molar-refractivity contribution >= 4 is 51.8 Å². The highest BCUT2D eigenvalue weighted by molar-refractivity contribution is 8.15. The molecule has 1 unspecified atom stereocenters. The summed E-state index contributed by atoms with van der Waals surface area (Å²) in [6.07, 6.45) is 0.315. The van der Waals surface area contributed by atoms with Crippen molar-refractivity contribution in [1.29, 1.82) is 0 Å². The van der Waals surface area contributed by atoms with Gasteiger partial charge in [-0.15, -0.1) is 0 Å². The Morgan fingerprint density at radius 1 is 1.14 bits per heavy atom. The zero-order valence-corrected chi connectivity index (χ0v) is 16.9. The Morgan fingerprint density at radius 3 is 2.59 bits per heavy atom. The van der Waals surface area contributed by atoms with Gasteiger partial charge in [-0.05, 0) is 24.3 Å². The van der Waals surface area contributed by atoms with Gasteiger partial charge in [-0.3, -0.25) is 14.4 Å². The van der Waals surface area contributed by atoms with E-state index in [-0.39, 0.29) is 30.4 Å². The lowest BCUT2D eigenvalue weighted by Gasteiger charge is -2.22. The van der Waals surface area contributed by atoms with Crippen LogP contribution in [-0.4, -0.2) is 34.6 Å². The van der Waals surface area contributed by atoms with Crippen LogP contribution in [-0.2, 0) is 9.59 Å². The van der Waals surface area contributed by atoms with Gasteiger partial charge in [-0.1, -0.05) is 53.7 Å². The van der Waals surface area contributed by atoms with E-state index in [0.717, 1.165) is 11.8 Å². The molecule has 1 saturated heterocycles. The summed E-state index contributed by atoms with van der Waals surface area (Å²) < 4.78 is 0. The summed E-state index contributed by atoms with van der Waals surface area (Å²) in [5, 5.41) is 9.74. The van der Waals surface area contributed by atoms with Crippen molar-refractivity contribution in [2.45, 2.75) is 18.1 Å². The molecule has 2 aromatic rings. The molecular weight excluding hydrogens is 412 g/mol. The summed E-state index contributed by atoms with van der Waals surface area (Å²) in [6.45, 7) is 0.315. The fourth-order valence-corrected chi connectivity index (χ4v) is 3.65. The maximum Gasteiger partial charge on any atom is 0.238 e. The SMILES string of the molecule is O=C1CC(C(=O)Nc2ccc(Cl)cc2)S/C(=N\NCCC(=O)c2ccccc2)N1. The van der Waals surface area contributed by atoms with Gasteiger partial charge in [0.15, 0.2) is 11.0 Å². The second-order valence-electron chi connectivity index (χ2n) is 6.22. The molecule has 0 spiro atoms. The Hall–Kier alpha value is -2.84.